The maximum Gasteiger partial charge on any atom is 0.322 e. The van der Waals surface area contributed by atoms with E-state index in [4.69, 9.17) is 0 Å². The van der Waals surface area contributed by atoms with Crippen molar-refractivity contribution in [2.75, 3.05) is 11.9 Å². The van der Waals surface area contributed by atoms with Crippen LogP contribution in [0.25, 0.3) is 0 Å². The molecule has 5 nitrogen and oxygen atoms in total. The van der Waals surface area contributed by atoms with Crippen LogP contribution in [0.15, 0.2) is 24.3 Å². The van der Waals surface area contributed by atoms with Crippen LogP contribution in [0.5, 0.6) is 0 Å². The highest BCUT2D eigenvalue weighted by Crippen LogP contribution is 2.20. The fourth-order valence-corrected chi connectivity index (χ4v) is 2.57. The summed E-state index contributed by atoms with van der Waals surface area (Å²) < 4.78 is 0. The number of likely N-dealkylation sites (tertiary alicyclic amines) is 1. The number of nitrogens with zero attached hydrogens (tertiary/aromatic N) is 1. The monoisotopic (exact) mass is 303 g/mol. The number of amides is 3. The molecular weight excluding hydrogens is 278 g/mol. The Labute approximate surface area is 132 Å². The van der Waals surface area contributed by atoms with E-state index in [1.165, 1.54) is 0 Å². The van der Waals surface area contributed by atoms with Crippen LogP contribution in [0.4, 0.5) is 10.5 Å². The van der Waals surface area contributed by atoms with Gasteiger partial charge in [0, 0.05) is 17.8 Å². The van der Waals surface area contributed by atoms with E-state index in [0.29, 0.717) is 13.0 Å². The first kappa shape index (κ1) is 16.3. The highest BCUT2D eigenvalue weighted by atomic mass is 16.2. The van der Waals surface area contributed by atoms with Gasteiger partial charge in [-0.15, -0.1) is 0 Å². The van der Waals surface area contributed by atoms with Crippen LogP contribution in [0.1, 0.15) is 39.2 Å². The van der Waals surface area contributed by atoms with Crippen LogP contribution in [-0.4, -0.2) is 35.0 Å². The van der Waals surface area contributed by atoms with Gasteiger partial charge in [-0.3, -0.25) is 4.79 Å². The van der Waals surface area contributed by atoms with E-state index in [-0.39, 0.29) is 23.5 Å². The lowest BCUT2D eigenvalue weighted by Crippen LogP contribution is -2.52. The average molecular weight is 303 g/mol. The van der Waals surface area contributed by atoms with Crippen LogP contribution in [0.3, 0.4) is 0 Å². The smallest absolute Gasteiger partial charge is 0.322 e. The van der Waals surface area contributed by atoms with Gasteiger partial charge < -0.3 is 15.5 Å². The highest BCUT2D eigenvalue weighted by molar-refractivity contribution is 5.94. The summed E-state index contributed by atoms with van der Waals surface area (Å²) >= 11 is 0. The molecule has 1 aromatic rings. The second kappa shape index (κ2) is 6.38. The predicted molar refractivity (Wildman–Crippen MR) is 87.8 cm³/mol. The van der Waals surface area contributed by atoms with Gasteiger partial charge in [0.15, 0.2) is 0 Å². The van der Waals surface area contributed by atoms with Crippen molar-refractivity contribution < 1.29 is 9.59 Å². The molecule has 1 atom stereocenters. The first-order chi connectivity index (χ1) is 10.3. The van der Waals surface area contributed by atoms with E-state index < -0.39 is 0 Å². The maximum atomic E-state index is 12.4. The molecule has 1 fully saturated rings. The summed E-state index contributed by atoms with van der Waals surface area (Å²) in [7, 11) is 0. The minimum atomic E-state index is -0.385. The molecule has 0 aliphatic carbocycles. The molecule has 1 unspecified atom stereocenters. The van der Waals surface area contributed by atoms with E-state index >= 15 is 0 Å². The lowest BCUT2D eigenvalue weighted by molar-refractivity contribution is -0.126. The van der Waals surface area contributed by atoms with Gasteiger partial charge in [0.1, 0.15) is 6.04 Å². The molecule has 22 heavy (non-hydrogen) atoms. The molecular formula is C17H25N3O2. The third-order valence-electron chi connectivity index (χ3n) is 3.62. The SMILES string of the molecule is Cc1ccc(NC(=O)N2CCCC2C(=O)NC(C)(C)C)cc1. The fraction of sp³-hybridized carbons (Fsp3) is 0.529. The Balaban J connectivity index is 2.01. The first-order valence-corrected chi connectivity index (χ1v) is 7.72. The molecule has 2 N–H and O–H groups in total. The van der Waals surface area contributed by atoms with Gasteiger partial charge in [-0.05, 0) is 52.7 Å². The third kappa shape index (κ3) is 4.23. The Bertz CT molecular complexity index is 546. The Hall–Kier alpha value is -2.04. The standard InChI is InChI=1S/C17H25N3O2/c1-12-7-9-13(10-8-12)18-16(22)20-11-5-6-14(20)15(21)19-17(2,3)4/h7-10,14H,5-6,11H2,1-4H3,(H,18,22)(H,19,21). The molecule has 5 heteroatoms. The Morgan fingerprint density at radius 1 is 1.18 bits per heavy atom. The van der Waals surface area contributed by atoms with Crippen molar-refractivity contribution in [3.05, 3.63) is 29.8 Å². The number of urea groups is 1. The number of benzene rings is 1. The van der Waals surface area contributed by atoms with E-state index in [1.54, 1.807) is 4.90 Å². The topological polar surface area (TPSA) is 61.4 Å². The maximum absolute atomic E-state index is 12.4. The first-order valence-electron chi connectivity index (χ1n) is 7.72. The van der Waals surface area contributed by atoms with Crippen LogP contribution in [0.2, 0.25) is 0 Å². The molecule has 0 spiro atoms. The molecule has 0 bridgehead atoms. The summed E-state index contributed by atoms with van der Waals surface area (Å²) in [5.74, 6) is -0.0796. The van der Waals surface area contributed by atoms with Gasteiger partial charge >= 0.3 is 6.03 Å². The van der Waals surface area contributed by atoms with Gasteiger partial charge in [0.2, 0.25) is 5.91 Å². The second-order valence-electron chi connectivity index (χ2n) is 6.89. The molecule has 0 radical (unpaired) electrons. The van der Waals surface area contributed by atoms with Gasteiger partial charge in [0.25, 0.3) is 0 Å². The Kier molecular flexibility index (Phi) is 4.74. The van der Waals surface area contributed by atoms with E-state index in [9.17, 15) is 9.59 Å². The van der Waals surface area contributed by atoms with Crippen molar-refractivity contribution in [2.45, 2.75) is 52.1 Å². The summed E-state index contributed by atoms with van der Waals surface area (Å²) in [6, 6.07) is 7.04. The molecule has 3 amide bonds. The lowest BCUT2D eigenvalue weighted by atomic mass is 10.1. The van der Waals surface area contributed by atoms with Crippen molar-refractivity contribution in [1.29, 1.82) is 0 Å². The van der Waals surface area contributed by atoms with Crippen molar-refractivity contribution >= 4 is 17.6 Å². The summed E-state index contributed by atoms with van der Waals surface area (Å²) in [4.78, 5) is 26.4. The zero-order valence-electron chi connectivity index (χ0n) is 13.8. The normalized spacial score (nSPS) is 18.2. The van der Waals surface area contributed by atoms with E-state index in [2.05, 4.69) is 10.6 Å². The minimum absolute atomic E-state index is 0.0796. The Morgan fingerprint density at radius 3 is 2.41 bits per heavy atom. The number of aryl methyl sites for hydroxylation is 1. The second-order valence-corrected chi connectivity index (χ2v) is 6.89. The van der Waals surface area contributed by atoms with Crippen LogP contribution in [-0.2, 0) is 4.79 Å². The van der Waals surface area contributed by atoms with E-state index in [0.717, 1.165) is 17.7 Å². The van der Waals surface area contributed by atoms with Crippen molar-refractivity contribution in [1.82, 2.24) is 10.2 Å². The molecule has 120 valence electrons. The zero-order valence-corrected chi connectivity index (χ0v) is 13.8. The predicted octanol–water partition coefficient (Wildman–Crippen LogP) is 2.91. The quantitative estimate of drug-likeness (QED) is 0.882. The number of hydrogen-bond donors (Lipinski definition) is 2. The fourth-order valence-electron chi connectivity index (χ4n) is 2.57. The summed E-state index contributed by atoms with van der Waals surface area (Å²) in [6.45, 7) is 8.43. The zero-order chi connectivity index (χ0) is 16.3. The number of nitrogens with one attached hydrogen (secondary N) is 2. The molecule has 0 aromatic heterocycles. The van der Waals surface area contributed by atoms with Crippen LogP contribution >= 0.6 is 0 Å². The third-order valence-corrected chi connectivity index (χ3v) is 3.62. The number of carbonyl (C=O) groups excluding carboxylic acids is 2. The largest absolute Gasteiger partial charge is 0.350 e. The molecule has 1 saturated heterocycles. The summed E-state index contributed by atoms with van der Waals surface area (Å²) in [5.41, 5.74) is 1.60. The Morgan fingerprint density at radius 2 is 1.82 bits per heavy atom. The van der Waals surface area contributed by atoms with Gasteiger partial charge in [-0.1, -0.05) is 17.7 Å². The minimum Gasteiger partial charge on any atom is -0.350 e. The lowest BCUT2D eigenvalue weighted by Gasteiger charge is -2.28. The summed E-state index contributed by atoms with van der Waals surface area (Å²) in [6.07, 6.45) is 1.56. The number of anilines is 1. The van der Waals surface area contributed by atoms with Gasteiger partial charge in [-0.2, -0.15) is 0 Å². The van der Waals surface area contributed by atoms with Gasteiger partial charge in [-0.25, -0.2) is 4.79 Å². The molecule has 1 aromatic carbocycles. The van der Waals surface area contributed by atoms with Crippen LogP contribution in [0, 0.1) is 6.92 Å². The molecule has 1 aliphatic heterocycles. The number of hydrogen-bond acceptors (Lipinski definition) is 2. The molecule has 1 aliphatic rings. The highest BCUT2D eigenvalue weighted by Gasteiger charge is 2.35. The molecule has 1 heterocycles. The van der Waals surface area contributed by atoms with Crippen LogP contribution < -0.4 is 10.6 Å². The number of rotatable bonds is 2. The van der Waals surface area contributed by atoms with Crippen molar-refractivity contribution in [3.63, 3.8) is 0 Å². The summed E-state index contributed by atoms with van der Waals surface area (Å²) in [5, 5.41) is 5.82. The van der Waals surface area contributed by atoms with Crippen molar-refractivity contribution in [3.8, 4) is 0 Å². The molecule has 0 saturated carbocycles. The average Bonchev–Trinajstić information content (AvgIpc) is 2.89. The van der Waals surface area contributed by atoms with E-state index in [1.807, 2.05) is 52.0 Å². The number of carbonyl (C=O) groups is 2. The van der Waals surface area contributed by atoms with Crippen molar-refractivity contribution in [2.24, 2.45) is 0 Å². The van der Waals surface area contributed by atoms with Gasteiger partial charge in [0.05, 0.1) is 0 Å². The molecule has 2 rings (SSSR count).